The molecule has 0 amide bonds. The summed E-state index contributed by atoms with van der Waals surface area (Å²) in [5, 5.41) is 4.15. The van der Waals surface area contributed by atoms with Crippen LogP contribution in [0.15, 0.2) is 42.6 Å². The Hall–Kier alpha value is -2.37. The van der Waals surface area contributed by atoms with Gasteiger partial charge >= 0.3 is 6.18 Å². The van der Waals surface area contributed by atoms with E-state index in [1.54, 1.807) is 25.3 Å². The van der Waals surface area contributed by atoms with Crippen LogP contribution in [0, 0.1) is 6.92 Å². The zero-order valence-electron chi connectivity index (χ0n) is 10.5. The van der Waals surface area contributed by atoms with Crippen molar-refractivity contribution < 1.29 is 13.2 Å². The topological polar surface area (TPSA) is 30.2 Å². The molecule has 2 aromatic heterocycles. The van der Waals surface area contributed by atoms with E-state index in [1.807, 2.05) is 0 Å². The number of hydrogen-bond acceptors (Lipinski definition) is 2. The normalized spacial score (nSPS) is 12.0. The van der Waals surface area contributed by atoms with E-state index in [0.29, 0.717) is 5.65 Å². The van der Waals surface area contributed by atoms with E-state index in [2.05, 4.69) is 10.1 Å². The van der Waals surface area contributed by atoms with Crippen LogP contribution in [0.4, 0.5) is 13.2 Å². The number of halogens is 3. The highest BCUT2D eigenvalue weighted by Gasteiger charge is 2.33. The Kier molecular flexibility index (Phi) is 2.74. The van der Waals surface area contributed by atoms with Gasteiger partial charge in [-0.3, -0.25) is 0 Å². The monoisotopic (exact) mass is 277 g/mol. The van der Waals surface area contributed by atoms with Crippen molar-refractivity contribution in [3.8, 4) is 11.3 Å². The minimum absolute atomic E-state index is 0.0707. The number of rotatable bonds is 1. The van der Waals surface area contributed by atoms with Gasteiger partial charge in [-0.2, -0.15) is 18.3 Å². The van der Waals surface area contributed by atoms with Crippen molar-refractivity contribution in [2.75, 3.05) is 0 Å². The molecular weight excluding hydrogens is 267 g/mol. The van der Waals surface area contributed by atoms with E-state index in [9.17, 15) is 13.2 Å². The van der Waals surface area contributed by atoms with Crippen molar-refractivity contribution in [2.24, 2.45) is 0 Å². The summed E-state index contributed by atoms with van der Waals surface area (Å²) in [5.74, 6) is 0. The molecule has 3 nitrogen and oxygen atoms in total. The van der Waals surface area contributed by atoms with Crippen molar-refractivity contribution in [3.05, 3.63) is 53.9 Å². The minimum atomic E-state index is -4.40. The summed E-state index contributed by atoms with van der Waals surface area (Å²) < 4.78 is 40.6. The largest absolute Gasteiger partial charge is 0.417 e. The Labute approximate surface area is 112 Å². The lowest BCUT2D eigenvalue weighted by molar-refractivity contribution is -0.137. The first-order valence-electron chi connectivity index (χ1n) is 5.95. The first kappa shape index (κ1) is 12.7. The van der Waals surface area contributed by atoms with E-state index < -0.39 is 11.7 Å². The molecular formula is C14H10F3N3. The van der Waals surface area contributed by atoms with Crippen LogP contribution in [0.1, 0.15) is 11.3 Å². The Morgan fingerprint density at radius 1 is 1.10 bits per heavy atom. The Balaban J connectivity index is 2.20. The van der Waals surface area contributed by atoms with Crippen LogP contribution in [0.3, 0.4) is 0 Å². The molecule has 20 heavy (non-hydrogen) atoms. The molecule has 0 saturated heterocycles. The third kappa shape index (κ3) is 2.13. The molecule has 0 unspecified atom stereocenters. The van der Waals surface area contributed by atoms with Crippen LogP contribution < -0.4 is 0 Å². The van der Waals surface area contributed by atoms with Crippen LogP contribution in [-0.4, -0.2) is 14.6 Å². The highest BCUT2D eigenvalue weighted by molar-refractivity contribution is 5.66. The van der Waals surface area contributed by atoms with E-state index in [1.165, 1.54) is 22.7 Å². The van der Waals surface area contributed by atoms with Crippen molar-refractivity contribution in [1.82, 2.24) is 14.6 Å². The van der Waals surface area contributed by atoms with Gasteiger partial charge in [0, 0.05) is 17.8 Å². The number of hydrogen-bond donors (Lipinski definition) is 0. The SMILES string of the molecule is Cc1cc2nc(-c3ccccc3C(F)(F)F)ccn2n1. The Bertz CT molecular complexity index is 775. The second kappa shape index (κ2) is 4.33. The predicted molar refractivity (Wildman–Crippen MR) is 68.2 cm³/mol. The zero-order valence-corrected chi connectivity index (χ0v) is 10.5. The van der Waals surface area contributed by atoms with Crippen LogP contribution in [0.5, 0.6) is 0 Å². The van der Waals surface area contributed by atoms with E-state index in [4.69, 9.17) is 0 Å². The van der Waals surface area contributed by atoms with E-state index in [0.717, 1.165) is 11.8 Å². The molecule has 0 atom stereocenters. The number of benzene rings is 1. The third-order valence-electron chi connectivity index (χ3n) is 2.96. The number of alkyl halides is 3. The Morgan fingerprint density at radius 3 is 2.60 bits per heavy atom. The second-order valence-corrected chi connectivity index (χ2v) is 4.44. The fourth-order valence-corrected chi connectivity index (χ4v) is 2.10. The lowest BCUT2D eigenvalue weighted by atomic mass is 10.0. The molecule has 0 saturated carbocycles. The standard InChI is InChI=1S/C14H10F3N3/c1-9-8-13-18-12(6-7-20(13)19-9)10-4-2-3-5-11(10)14(15,16)17/h2-8H,1H3. The second-order valence-electron chi connectivity index (χ2n) is 4.44. The van der Waals surface area contributed by atoms with Crippen molar-refractivity contribution in [2.45, 2.75) is 13.1 Å². The molecule has 0 aliphatic heterocycles. The average molecular weight is 277 g/mol. The van der Waals surface area contributed by atoms with Gasteiger partial charge in [0.15, 0.2) is 5.65 Å². The molecule has 3 aromatic rings. The molecule has 0 aliphatic rings. The summed E-state index contributed by atoms with van der Waals surface area (Å²) in [5.41, 5.74) is 0.954. The predicted octanol–water partition coefficient (Wildman–Crippen LogP) is 3.72. The van der Waals surface area contributed by atoms with Crippen molar-refractivity contribution >= 4 is 5.65 Å². The van der Waals surface area contributed by atoms with Crippen LogP contribution in [-0.2, 0) is 6.18 Å². The number of nitrogens with zero attached hydrogens (tertiary/aromatic N) is 3. The van der Waals surface area contributed by atoms with Gasteiger partial charge in [0.1, 0.15) is 0 Å². The maximum atomic E-state index is 13.0. The molecule has 0 bridgehead atoms. The van der Waals surface area contributed by atoms with Crippen molar-refractivity contribution in [3.63, 3.8) is 0 Å². The van der Waals surface area contributed by atoms with Gasteiger partial charge in [-0.15, -0.1) is 0 Å². The summed E-state index contributed by atoms with van der Waals surface area (Å²) in [4.78, 5) is 4.24. The highest BCUT2D eigenvalue weighted by Crippen LogP contribution is 2.36. The molecule has 3 rings (SSSR count). The fraction of sp³-hybridized carbons (Fsp3) is 0.143. The maximum absolute atomic E-state index is 13.0. The summed E-state index contributed by atoms with van der Waals surface area (Å²) in [6.45, 7) is 1.80. The van der Waals surface area contributed by atoms with E-state index in [-0.39, 0.29) is 11.3 Å². The van der Waals surface area contributed by atoms with Crippen molar-refractivity contribution in [1.29, 1.82) is 0 Å². The van der Waals surface area contributed by atoms with Gasteiger partial charge in [0.05, 0.1) is 17.0 Å². The number of fused-ring (bicyclic) bond motifs is 1. The summed E-state index contributed by atoms with van der Waals surface area (Å²) in [7, 11) is 0. The fourth-order valence-electron chi connectivity index (χ4n) is 2.10. The maximum Gasteiger partial charge on any atom is 0.417 e. The average Bonchev–Trinajstić information content (AvgIpc) is 2.76. The first-order chi connectivity index (χ1) is 9.45. The van der Waals surface area contributed by atoms with Gasteiger partial charge in [-0.1, -0.05) is 18.2 Å². The van der Waals surface area contributed by atoms with Gasteiger partial charge in [0.25, 0.3) is 0 Å². The third-order valence-corrected chi connectivity index (χ3v) is 2.96. The van der Waals surface area contributed by atoms with Crippen LogP contribution >= 0.6 is 0 Å². The minimum Gasteiger partial charge on any atom is -0.229 e. The molecule has 0 radical (unpaired) electrons. The molecule has 0 N–H and O–H groups in total. The first-order valence-corrected chi connectivity index (χ1v) is 5.95. The quantitative estimate of drug-likeness (QED) is 0.678. The van der Waals surface area contributed by atoms with Crippen LogP contribution in [0.25, 0.3) is 16.9 Å². The molecule has 102 valence electrons. The molecule has 0 spiro atoms. The molecule has 1 aromatic carbocycles. The van der Waals surface area contributed by atoms with Gasteiger partial charge in [-0.25, -0.2) is 9.50 Å². The van der Waals surface area contributed by atoms with Gasteiger partial charge < -0.3 is 0 Å². The van der Waals surface area contributed by atoms with Gasteiger partial charge in [-0.05, 0) is 19.1 Å². The smallest absolute Gasteiger partial charge is 0.229 e. The molecule has 0 fully saturated rings. The summed E-state index contributed by atoms with van der Waals surface area (Å²) >= 11 is 0. The number of aromatic nitrogens is 3. The number of aryl methyl sites for hydroxylation is 1. The molecule has 0 aliphatic carbocycles. The lowest BCUT2D eigenvalue weighted by Crippen LogP contribution is -2.07. The van der Waals surface area contributed by atoms with E-state index >= 15 is 0 Å². The highest BCUT2D eigenvalue weighted by atomic mass is 19.4. The zero-order chi connectivity index (χ0) is 14.3. The van der Waals surface area contributed by atoms with Crippen LogP contribution in [0.2, 0.25) is 0 Å². The molecule has 2 heterocycles. The van der Waals surface area contributed by atoms with Gasteiger partial charge in [0.2, 0.25) is 0 Å². The molecule has 6 heteroatoms. The lowest BCUT2D eigenvalue weighted by Gasteiger charge is -2.12. The summed E-state index contributed by atoms with van der Waals surface area (Å²) in [6, 6.07) is 8.67. The Morgan fingerprint density at radius 2 is 1.85 bits per heavy atom. The summed E-state index contributed by atoms with van der Waals surface area (Å²) in [6.07, 6.45) is -2.79.